The summed E-state index contributed by atoms with van der Waals surface area (Å²) >= 11 is 0. The molecule has 9 heteroatoms. The van der Waals surface area contributed by atoms with E-state index < -0.39 is 6.04 Å². The van der Waals surface area contributed by atoms with Crippen molar-refractivity contribution in [2.45, 2.75) is 56.5 Å². The monoisotopic (exact) mass is 442 g/mol. The first-order valence-electron chi connectivity index (χ1n) is 11.5. The average Bonchev–Trinajstić information content (AvgIpc) is 3.12. The third kappa shape index (κ3) is 4.17. The number of carbonyl (C=O) groups is 3. The summed E-state index contributed by atoms with van der Waals surface area (Å²) in [5.41, 5.74) is 2.46. The maximum Gasteiger partial charge on any atom is 0.255 e. The third-order valence-electron chi connectivity index (χ3n) is 6.97. The van der Waals surface area contributed by atoms with E-state index in [1.807, 2.05) is 18.2 Å². The standard InChI is InChI=1S/C23H30N4O5/c28-20-5-4-19(21(29)26-20)27-12-18-15(2-1-3-17(18)22(27)30)10-25-11-16-13-31-14-23(32-16)6-8-24-9-7-23/h1-3,16,19,24-25H,4-14H2,(H,26,28,29). The van der Waals surface area contributed by atoms with Gasteiger partial charge in [0.2, 0.25) is 11.8 Å². The number of nitrogens with zero attached hydrogens (tertiary/aromatic N) is 1. The highest BCUT2D eigenvalue weighted by molar-refractivity contribution is 6.05. The van der Waals surface area contributed by atoms with Crippen molar-refractivity contribution in [1.82, 2.24) is 20.9 Å². The van der Waals surface area contributed by atoms with E-state index in [0.29, 0.717) is 44.8 Å². The summed E-state index contributed by atoms with van der Waals surface area (Å²) in [7, 11) is 0. The van der Waals surface area contributed by atoms with Gasteiger partial charge in [-0.3, -0.25) is 19.7 Å². The smallest absolute Gasteiger partial charge is 0.255 e. The maximum atomic E-state index is 13.0. The van der Waals surface area contributed by atoms with Gasteiger partial charge in [-0.15, -0.1) is 0 Å². The van der Waals surface area contributed by atoms with Gasteiger partial charge < -0.3 is 25.0 Å². The number of nitrogens with one attached hydrogen (secondary N) is 3. The summed E-state index contributed by atoms with van der Waals surface area (Å²) in [6.45, 7) is 4.82. The van der Waals surface area contributed by atoms with Gasteiger partial charge in [0.05, 0.1) is 24.9 Å². The fraction of sp³-hybridized carbons (Fsp3) is 0.609. The van der Waals surface area contributed by atoms with Gasteiger partial charge in [0, 0.05) is 31.6 Å². The number of imide groups is 1. The molecule has 0 saturated carbocycles. The first-order chi connectivity index (χ1) is 15.5. The topological polar surface area (TPSA) is 109 Å². The van der Waals surface area contributed by atoms with E-state index in [0.717, 1.165) is 37.1 Å². The molecular formula is C23H30N4O5. The summed E-state index contributed by atoms with van der Waals surface area (Å²) in [6.07, 6.45) is 2.56. The molecule has 172 valence electrons. The van der Waals surface area contributed by atoms with Crippen LogP contribution in [0.25, 0.3) is 0 Å². The van der Waals surface area contributed by atoms with E-state index in [1.165, 1.54) is 0 Å². The Kier molecular flexibility index (Phi) is 5.98. The Morgan fingerprint density at radius 1 is 1.19 bits per heavy atom. The molecule has 2 atom stereocenters. The van der Waals surface area contributed by atoms with Crippen LogP contribution in [0.2, 0.25) is 0 Å². The summed E-state index contributed by atoms with van der Waals surface area (Å²) in [5.74, 6) is -0.808. The Labute approximate surface area is 187 Å². The summed E-state index contributed by atoms with van der Waals surface area (Å²) in [6, 6.07) is 5.11. The van der Waals surface area contributed by atoms with Crippen LogP contribution in [0, 0.1) is 0 Å². The zero-order valence-electron chi connectivity index (χ0n) is 18.2. The van der Waals surface area contributed by atoms with E-state index in [-0.39, 0.29) is 35.8 Å². The molecule has 0 aromatic heterocycles. The zero-order chi connectivity index (χ0) is 22.1. The Morgan fingerprint density at radius 2 is 2.03 bits per heavy atom. The molecule has 1 aromatic rings. The molecule has 9 nitrogen and oxygen atoms in total. The lowest BCUT2D eigenvalue weighted by molar-refractivity contribution is -0.206. The van der Waals surface area contributed by atoms with E-state index in [4.69, 9.17) is 9.47 Å². The van der Waals surface area contributed by atoms with Crippen molar-refractivity contribution in [2.75, 3.05) is 32.8 Å². The number of carbonyl (C=O) groups excluding carboxylic acids is 3. The highest BCUT2D eigenvalue weighted by atomic mass is 16.6. The summed E-state index contributed by atoms with van der Waals surface area (Å²) in [4.78, 5) is 38.3. The quantitative estimate of drug-likeness (QED) is 0.554. The minimum Gasteiger partial charge on any atom is -0.376 e. The predicted molar refractivity (Wildman–Crippen MR) is 115 cm³/mol. The lowest BCUT2D eigenvalue weighted by atomic mass is 9.92. The Hall–Kier alpha value is -2.33. The van der Waals surface area contributed by atoms with Crippen LogP contribution in [0.4, 0.5) is 0 Å². The molecule has 3 saturated heterocycles. The van der Waals surface area contributed by atoms with Crippen molar-refractivity contribution in [3.05, 3.63) is 34.9 Å². The molecule has 2 unspecified atom stereocenters. The Bertz CT molecular complexity index is 908. The third-order valence-corrected chi connectivity index (χ3v) is 6.97. The van der Waals surface area contributed by atoms with Crippen molar-refractivity contribution in [2.24, 2.45) is 0 Å². The first kappa shape index (κ1) is 21.5. The molecule has 0 bridgehead atoms. The minimum absolute atomic E-state index is 0.000197. The molecule has 1 spiro atoms. The SMILES string of the molecule is O=C1CCC(N2Cc3c(CNCC4COCC5(CCNCC5)O4)cccc3C2=O)C(=O)N1. The number of fused-ring (bicyclic) bond motifs is 1. The Balaban J connectivity index is 1.20. The number of hydrogen-bond acceptors (Lipinski definition) is 7. The van der Waals surface area contributed by atoms with Crippen molar-refractivity contribution in [3.8, 4) is 0 Å². The molecule has 3 N–H and O–H groups in total. The van der Waals surface area contributed by atoms with Crippen LogP contribution in [-0.2, 0) is 32.2 Å². The normalized spacial score (nSPS) is 27.5. The predicted octanol–water partition coefficient (Wildman–Crippen LogP) is 0.0748. The molecule has 5 rings (SSSR count). The fourth-order valence-corrected chi connectivity index (χ4v) is 5.23. The van der Waals surface area contributed by atoms with Crippen LogP contribution >= 0.6 is 0 Å². The van der Waals surface area contributed by atoms with Gasteiger partial charge in [-0.25, -0.2) is 0 Å². The molecule has 4 heterocycles. The lowest BCUT2D eigenvalue weighted by Gasteiger charge is -2.43. The maximum absolute atomic E-state index is 13.0. The van der Waals surface area contributed by atoms with Crippen LogP contribution in [-0.4, -0.2) is 73.2 Å². The number of piperidine rings is 2. The molecule has 0 aliphatic carbocycles. The van der Waals surface area contributed by atoms with Gasteiger partial charge in [-0.2, -0.15) is 0 Å². The fourth-order valence-electron chi connectivity index (χ4n) is 5.23. The second-order valence-electron chi connectivity index (χ2n) is 9.16. The first-order valence-corrected chi connectivity index (χ1v) is 11.5. The van der Waals surface area contributed by atoms with Gasteiger partial charge in [0.1, 0.15) is 6.04 Å². The second-order valence-corrected chi connectivity index (χ2v) is 9.16. The highest BCUT2D eigenvalue weighted by Gasteiger charge is 2.40. The van der Waals surface area contributed by atoms with Crippen LogP contribution in [0.15, 0.2) is 18.2 Å². The zero-order valence-corrected chi connectivity index (χ0v) is 18.2. The average molecular weight is 443 g/mol. The largest absolute Gasteiger partial charge is 0.376 e. The van der Waals surface area contributed by atoms with Crippen molar-refractivity contribution < 1.29 is 23.9 Å². The van der Waals surface area contributed by atoms with Crippen LogP contribution in [0.5, 0.6) is 0 Å². The summed E-state index contributed by atoms with van der Waals surface area (Å²) < 4.78 is 12.3. The van der Waals surface area contributed by atoms with Crippen molar-refractivity contribution >= 4 is 17.7 Å². The van der Waals surface area contributed by atoms with E-state index in [1.54, 1.807) is 4.90 Å². The number of amides is 3. The van der Waals surface area contributed by atoms with Gasteiger partial charge in [-0.1, -0.05) is 12.1 Å². The molecule has 3 fully saturated rings. The molecule has 32 heavy (non-hydrogen) atoms. The van der Waals surface area contributed by atoms with Crippen LogP contribution in [0.3, 0.4) is 0 Å². The number of ether oxygens (including phenoxy) is 2. The van der Waals surface area contributed by atoms with Gasteiger partial charge in [0.25, 0.3) is 5.91 Å². The lowest BCUT2D eigenvalue weighted by Crippen LogP contribution is -2.55. The highest BCUT2D eigenvalue weighted by Crippen LogP contribution is 2.31. The minimum atomic E-state index is -0.595. The van der Waals surface area contributed by atoms with Crippen LogP contribution in [0.1, 0.15) is 47.2 Å². The van der Waals surface area contributed by atoms with Gasteiger partial charge in [-0.05, 0) is 49.5 Å². The van der Waals surface area contributed by atoms with Crippen LogP contribution < -0.4 is 16.0 Å². The molecule has 0 radical (unpaired) electrons. The molecule has 3 amide bonds. The van der Waals surface area contributed by atoms with E-state index in [9.17, 15) is 14.4 Å². The second kappa shape index (κ2) is 8.90. The van der Waals surface area contributed by atoms with Gasteiger partial charge >= 0.3 is 0 Å². The van der Waals surface area contributed by atoms with Gasteiger partial charge in [0.15, 0.2) is 0 Å². The van der Waals surface area contributed by atoms with E-state index >= 15 is 0 Å². The van der Waals surface area contributed by atoms with E-state index in [2.05, 4.69) is 16.0 Å². The summed E-state index contributed by atoms with van der Waals surface area (Å²) in [5, 5.41) is 9.19. The molecular weight excluding hydrogens is 412 g/mol. The molecule has 4 aliphatic heterocycles. The van der Waals surface area contributed by atoms with Crippen molar-refractivity contribution in [1.29, 1.82) is 0 Å². The number of hydrogen-bond donors (Lipinski definition) is 3. The number of benzene rings is 1. The Morgan fingerprint density at radius 3 is 2.84 bits per heavy atom. The van der Waals surface area contributed by atoms with Crippen molar-refractivity contribution in [3.63, 3.8) is 0 Å². The number of rotatable bonds is 5. The molecule has 4 aliphatic rings. The molecule has 1 aromatic carbocycles.